The van der Waals surface area contributed by atoms with Gasteiger partial charge in [0, 0.05) is 36.7 Å². The molecule has 1 N–H and O–H groups in total. The van der Waals surface area contributed by atoms with Gasteiger partial charge >= 0.3 is 0 Å². The topological polar surface area (TPSA) is 15.3 Å². The largest absolute Gasteiger partial charge is 0.311 e. The zero-order chi connectivity index (χ0) is 14.0. The SMILES string of the molecule is Cc1ccc(CN2CC(C)NCC2C(C)C)c(Cl)c1. The molecule has 3 heteroatoms. The average molecular weight is 281 g/mol. The summed E-state index contributed by atoms with van der Waals surface area (Å²) in [7, 11) is 0. The summed E-state index contributed by atoms with van der Waals surface area (Å²) in [5.74, 6) is 0.657. The van der Waals surface area contributed by atoms with Crippen molar-refractivity contribution in [1.29, 1.82) is 0 Å². The number of piperazine rings is 1. The summed E-state index contributed by atoms with van der Waals surface area (Å²) < 4.78 is 0. The maximum Gasteiger partial charge on any atom is 0.0453 e. The highest BCUT2D eigenvalue weighted by Gasteiger charge is 2.28. The van der Waals surface area contributed by atoms with E-state index in [2.05, 4.69) is 56.1 Å². The third kappa shape index (κ3) is 3.71. The second-order valence-corrected chi connectivity index (χ2v) is 6.55. The number of nitrogens with zero attached hydrogens (tertiary/aromatic N) is 1. The van der Waals surface area contributed by atoms with Crippen LogP contribution in [0.1, 0.15) is 31.9 Å². The molecule has 1 aliphatic rings. The molecule has 106 valence electrons. The van der Waals surface area contributed by atoms with E-state index in [1.165, 1.54) is 11.1 Å². The van der Waals surface area contributed by atoms with Gasteiger partial charge < -0.3 is 5.32 Å². The number of nitrogens with one attached hydrogen (secondary N) is 1. The predicted molar refractivity (Wildman–Crippen MR) is 82.7 cm³/mol. The van der Waals surface area contributed by atoms with E-state index < -0.39 is 0 Å². The molecule has 2 rings (SSSR count). The van der Waals surface area contributed by atoms with Gasteiger partial charge in [0.2, 0.25) is 0 Å². The molecular weight excluding hydrogens is 256 g/mol. The summed E-state index contributed by atoms with van der Waals surface area (Å²) >= 11 is 6.37. The third-order valence-electron chi connectivity index (χ3n) is 4.00. The van der Waals surface area contributed by atoms with Crippen LogP contribution in [0.5, 0.6) is 0 Å². The van der Waals surface area contributed by atoms with Gasteiger partial charge in [-0.1, -0.05) is 37.6 Å². The first kappa shape index (κ1) is 14.8. The Morgan fingerprint density at radius 1 is 1.42 bits per heavy atom. The molecule has 1 saturated heterocycles. The van der Waals surface area contributed by atoms with Crippen molar-refractivity contribution in [3.63, 3.8) is 0 Å². The Balaban J connectivity index is 2.14. The lowest BCUT2D eigenvalue weighted by Crippen LogP contribution is -2.56. The zero-order valence-electron chi connectivity index (χ0n) is 12.4. The van der Waals surface area contributed by atoms with E-state index in [9.17, 15) is 0 Å². The van der Waals surface area contributed by atoms with Crippen LogP contribution in [-0.2, 0) is 6.54 Å². The smallest absolute Gasteiger partial charge is 0.0453 e. The van der Waals surface area contributed by atoms with Gasteiger partial charge in [0.25, 0.3) is 0 Å². The highest BCUT2D eigenvalue weighted by molar-refractivity contribution is 6.31. The van der Waals surface area contributed by atoms with E-state index in [4.69, 9.17) is 11.6 Å². The molecule has 19 heavy (non-hydrogen) atoms. The Kier molecular flexibility index (Phi) is 4.88. The summed E-state index contributed by atoms with van der Waals surface area (Å²) in [5.41, 5.74) is 2.47. The lowest BCUT2D eigenvalue weighted by molar-refractivity contribution is 0.0956. The summed E-state index contributed by atoms with van der Waals surface area (Å²) in [4.78, 5) is 2.57. The molecule has 0 aliphatic carbocycles. The number of hydrogen-bond acceptors (Lipinski definition) is 2. The summed E-state index contributed by atoms with van der Waals surface area (Å²) in [6.45, 7) is 12.0. The molecule has 1 aromatic rings. The first-order valence-corrected chi connectivity index (χ1v) is 7.57. The van der Waals surface area contributed by atoms with E-state index >= 15 is 0 Å². The second-order valence-electron chi connectivity index (χ2n) is 6.14. The highest BCUT2D eigenvalue weighted by Crippen LogP contribution is 2.23. The molecule has 0 aromatic heterocycles. The van der Waals surface area contributed by atoms with E-state index in [1.807, 2.05) is 0 Å². The molecule has 0 radical (unpaired) electrons. The molecule has 2 atom stereocenters. The lowest BCUT2D eigenvalue weighted by Gasteiger charge is -2.41. The third-order valence-corrected chi connectivity index (χ3v) is 4.36. The van der Waals surface area contributed by atoms with E-state index in [1.54, 1.807) is 0 Å². The summed E-state index contributed by atoms with van der Waals surface area (Å²) in [5, 5.41) is 4.48. The molecule has 2 nitrogen and oxygen atoms in total. The molecule has 1 aliphatic heterocycles. The Labute approximate surface area is 122 Å². The van der Waals surface area contributed by atoms with Gasteiger partial charge in [-0.15, -0.1) is 0 Å². The van der Waals surface area contributed by atoms with Crippen LogP contribution in [0.4, 0.5) is 0 Å². The Morgan fingerprint density at radius 2 is 2.16 bits per heavy atom. The second kappa shape index (κ2) is 6.25. The van der Waals surface area contributed by atoms with Crippen LogP contribution in [0.25, 0.3) is 0 Å². The number of hydrogen-bond donors (Lipinski definition) is 1. The molecule has 0 amide bonds. The molecule has 1 heterocycles. The molecule has 1 aromatic carbocycles. The Hall–Kier alpha value is -0.570. The molecule has 0 saturated carbocycles. The quantitative estimate of drug-likeness (QED) is 0.912. The average Bonchev–Trinajstić information content (AvgIpc) is 2.32. The van der Waals surface area contributed by atoms with Gasteiger partial charge in [-0.2, -0.15) is 0 Å². The normalized spacial score (nSPS) is 24.9. The van der Waals surface area contributed by atoms with Crippen LogP contribution in [-0.4, -0.2) is 30.1 Å². The van der Waals surface area contributed by atoms with Crippen LogP contribution in [0, 0.1) is 12.8 Å². The van der Waals surface area contributed by atoms with Crippen molar-refractivity contribution < 1.29 is 0 Å². The maximum absolute atomic E-state index is 6.37. The van der Waals surface area contributed by atoms with Crippen molar-refractivity contribution in [2.45, 2.75) is 46.3 Å². The van der Waals surface area contributed by atoms with Crippen molar-refractivity contribution in [2.24, 2.45) is 5.92 Å². The van der Waals surface area contributed by atoms with Gasteiger partial charge in [0.15, 0.2) is 0 Å². The fourth-order valence-electron chi connectivity index (χ4n) is 2.84. The van der Waals surface area contributed by atoms with Crippen LogP contribution in [0.3, 0.4) is 0 Å². The fraction of sp³-hybridized carbons (Fsp3) is 0.625. The van der Waals surface area contributed by atoms with E-state index in [-0.39, 0.29) is 0 Å². The summed E-state index contributed by atoms with van der Waals surface area (Å²) in [6, 6.07) is 7.53. The predicted octanol–water partition coefficient (Wildman–Crippen LogP) is 3.47. The Bertz CT molecular complexity index is 431. The molecular formula is C16H25ClN2. The van der Waals surface area contributed by atoms with Crippen molar-refractivity contribution >= 4 is 11.6 Å². The molecule has 1 fully saturated rings. The Morgan fingerprint density at radius 3 is 2.79 bits per heavy atom. The van der Waals surface area contributed by atoms with Crippen LogP contribution < -0.4 is 5.32 Å². The van der Waals surface area contributed by atoms with Gasteiger partial charge in [0.1, 0.15) is 0 Å². The van der Waals surface area contributed by atoms with Crippen LogP contribution in [0.2, 0.25) is 5.02 Å². The highest BCUT2D eigenvalue weighted by atomic mass is 35.5. The maximum atomic E-state index is 6.37. The van der Waals surface area contributed by atoms with Crippen LogP contribution >= 0.6 is 11.6 Å². The van der Waals surface area contributed by atoms with Crippen LogP contribution in [0.15, 0.2) is 18.2 Å². The minimum atomic E-state index is 0.555. The molecule has 0 bridgehead atoms. The lowest BCUT2D eigenvalue weighted by atomic mass is 9.98. The number of aryl methyl sites for hydroxylation is 1. The van der Waals surface area contributed by atoms with Gasteiger partial charge in [0.05, 0.1) is 0 Å². The van der Waals surface area contributed by atoms with Crippen molar-refractivity contribution in [3.8, 4) is 0 Å². The number of benzene rings is 1. The standard InChI is InChI=1S/C16H25ClN2/c1-11(2)16-8-18-13(4)9-19(16)10-14-6-5-12(3)7-15(14)17/h5-7,11,13,16,18H,8-10H2,1-4H3. The summed E-state index contributed by atoms with van der Waals surface area (Å²) in [6.07, 6.45) is 0. The number of halogens is 1. The van der Waals surface area contributed by atoms with Crippen molar-refractivity contribution in [3.05, 3.63) is 34.3 Å². The van der Waals surface area contributed by atoms with E-state index in [0.717, 1.165) is 24.7 Å². The first-order chi connectivity index (χ1) is 8.97. The molecule has 2 unspecified atom stereocenters. The number of rotatable bonds is 3. The van der Waals surface area contributed by atoms with Gasteiger partial charge in [-0.3, -0.25) is 4.90 Å². The van der Waals surface area contributed by atoms with Crippen molar-refractivity contribution in [1.82, 2.24) is 10.2 Å². The van der Waals surface area contributed by atoms with Crippen molar-refractivity contribution in [2.75, 3.05) is 13.1 Å². The zero-order valence-corrected chi connectivity index (χ0v) is 13.2. The molecule has 0 spiro atoms. The van der Waals surface area contributed by atoms with Gasteiger partial charge in [-0.25, -0.2) is 0 Å². The minimum absolute atomic E-state index is 0.555. The van der Waals surface area contributed by atoms with E-state index in [0.29, 0.717) is 18.0 Å². The first-order valence-electron chi connectivity index (χ1n) is 7.20. The monoisotopic (exact) mass is 280 g/mol. The van der Waals surface area contributed by atoms with Gasteiger partial charge in [-0.05, 0) is 37.0 Å². The fourth-order valence-corrected chi connectivity index (χ4v) is 3.14. The minimum Gasteiger partial charge on any atom is -0.311 e.